The van der Waals surface area contributed by atoms with Gasteiger partial charge in [-0.15, -0.1) is 0 Å². The molecule has 2 heterocycles. The maximum Gasteiger partial charge on any atom is 0.338 e. The molecule has 0 fully saturated rings. The van der Waals surface area contributed by atoms with Crippen molar-refractivity contribution < 1.29 is 14.6 Å². The number of ether oxygens (including phenoxy) is 1. The minimum Gasteiger partial charge on any atom is -0.465 e. The molecule has 0 amide bonds. The van der Waals surface area contributed by atoms with E-state index in [-0.39, 0.29) is 6.61 Å². The Bertz CT molecular complexity index is 840. The molecule has 0 bridgehead atoms. The summed E-state index contributed by atoms with van der Waals surface area (Å²) >= 11 is 3.40. The van der Waals surface area contributed by atoms with E-state index in [4.69, 9.17) is 4.74 Å². The molecule has 2 aromatic heterocycles. The molecule has 0 unspecified atom stereocenters. The van der Waals surface area contributed by atoms with Crippen molar-refractivity contribution in [3.8, 4) is 11.3 Å². The number of pyridine rings is 1. The highest BCUT2D eigenvalue weighted by atomic mass is 79.9. The Morgan fingerprint density at radius 3 is 2.68 bits per heavy atom. The van der Waals surface area contributed by atoms with Crippen LogP contribution in [0.3, 0.4) is 0 Å². The Hall–Kier alpha value is -2.18. The number of carbonyl (C=O) groups is 1. The van der Waals surface area contributed by atoms with Crippen LogP contribution in [0.1, 0.15) is 16.1 Å². The summed E-state index contributed by atoms with van der Waals surface area (Å²) in [6.07, 6.45) is 1.71. The Kier molecular flexibility index (Phi) is 3.96. The number of imidazole rings is 1. The zero-order chi connectivity index (χ0) is 15.7. The van der Waals surface area contributed by atoms with Crippen LogP contribution in [0.2, 0.25) is 0 Å². The van der Waals surface area contributed by atoms with E-state index in [1.165, 1.54) is 7.11 Å². The van der Waals surface area contributed by atoms with Gasteiger partial charge >= 0.3 is 5.97 Å². The number of fused-ring (bicyclic) bond motifs is 1. The van der Waals surface area contributed by atoms with Crippen LogP contribution in [0.5, 0.6) is 0 Å². The zero-order valence-electron chi connectivity index (χ0n) is 11.8. The Morgan fingerprint density at radius 2 is 2.05 bits per heavy atom. The second-order valence-electron chi connectivity index (χ2n) is 4.71. The van der Waals surface area contributed by atoms with E-state index in [9.17, 15) is 9.90 Å². The van der Waals surface area contributed by atoms with Crippen molar-refractivity contribution in [3.05, 3.63) is 58.3 Å². The van der Waals surface area contributed by atoms with Crippen LogP contribution in [0.25, 0.3) is 16.9 Å². The monoisotopic (exact) mass is 360 g/mol. The molecule has 0 aliphatic carbocycles. The lowest BCUT2D eigenvalue weighted by atomic mass is 10.1. The minimum atomic E-state index is -0.416. The number of hydrogen-bond donors (Lipinski definition) is 1. The number of aliphatic hydroxyl groups excluding tert-OH is 1. The highest BCUT2D eigenvalue weighted by molar-refractivity contribution is 9.10. The van der Waals surface area contributed by atoms with Crippen LogP contribution in [0.15, 0.2) is 47.1 Å². The minimum absolute atomic E-state index is 0.149. The van der Waals surface area contributed by atoms with Crippen molar-refractivity contribution in [2.45, 2.75) is 6.61 Å². The van der Waals surface area contributed by atoms with Crippen molar-refractivity contribution in [2.75, 3.05) is 7.11 Å². The maximum absolute atomic E-state index is 11.6. The van der Waals surface area contributed by atoms with E-state index in [1.807, 2.05) is 24.3 Å². The molecule has 1 N–H and O–H groups in total. The number of aromatic nitrogens is 2. The molecule has 0 aliphatic heterocycles. The lowest BCUT2D eigenvalue weighted by Crippen LogP contribution is -2.02. The second kappa shape index (κ2) is 5.90. The predicted molar refractivity (Wildman–Crippen MR) is 85.6 cm³/mol. The zero-order valence-corrected chi connectivity index (χ0v) is 13.4. The third kappa shape index (κ3) is 2.51. The first-order valence-electron chi connectivity index (χ1n) is 6.60. The molecule has 0 aliphatic rings. The second-order valence-corrected chi connectivity index (χ2v) is 5.62. The average molecular weight is 361 g/mol. The SMILES string of the molecule is COC(=O)c1ccn2c(CO)c(-c3ccc(Br)cc3)nc2c1. The van der Waals surface area contributed by atoms with Crippen LogP contribution < -0.4 is 0 Å². The molecule has 3 aromatic rings. The normalized spacial score (nSPS) is 10.9. The van der Waals surface area contributed by atoms with Crippen molar-refractivity contribution in [1.29, 1.82) is 0 Å². The van der Waals surface area contributed by atoms with Gasteiger partial charge in [0.2, 0.25) is 0 Å². The Labute approximate surface area is 135 Å². The first kappa shape index (κ1) is 14.7. The number of benzene rings is 1. The topological polar surface area (TPSA) is 63.8 Å². The fourth-order valence-corrected chi connectivity index (χ4v) is 2.59. The van der Waals surface area contributed by atoms with Crippen LogP contribution in [-0.4, -0.2) is 27.6 Å². The van der Waals surface area contributed by atoms with Gasteiger partial charge in [0.25, 0.3) is 0 Å². The van der Waals surface area contributed by atoms with E-state index in [0.29, 0.717) is 22.6 Å². The summed E-state index contributed by atoms with van der Waals surface area (Å²) < 4.78 is 7.45. The number of carbonyl (C=O) groups excluding carboxylic acids is 1. The van der Waals surface area contributed by atoms with Crippen LogP contribution in [0.4, 0.5) is 0 Å². The number of rotatable bonds is 3. The standard InChI is InChI=1S/C16H13BrN2O3/c1-22-16(21)11-6-7-19-13(9-20)15(18-14(19)8-11)10-2-4-12(17)5-3-10/h2-8,20H,9H2,1H3. The number of esters is 1. The molecule has 3 rings (SSSR count). The first-order valence-corrected chi connectivity index (χ1v) is 7.39. The molecule has 5 nitrogen and oxygen atoms in total. The maximum atomic E-state index is 11.6. The highest BCUT2D eigenvalue weighted by Gasteiger charge is 2.15. The number of methoxy groups -OCH3 is 1. The van der Waals surface area contributed by atoms with Gasteiger partial charge in [-0.1, -0.05) is 28.1 Å². The lowest BCUT2D eigenvalue weighted by molar-refractivity contribution is 0.0600. The van der Waals surface area contributed by atoms with Gasteiger partial charge in [0.15, 0.2) is 0 Å². The third-order valence-electron chi connectivity index (χ3n) is 3.41. The number of nitrogens with zero attached hydrogens (tertiary/aromatic N) is 2. The predicted octanol–water partition coefficient (Wildman–Crippen LogP) is 3.04. The van der Waals surface area contributed by atoms with E-state index < -0.39 is 5.97 Å². The van der Waals surface area contributed by atoms with Gasteiger partial charge in [-0.3, -0.25) is 0 Å². The van der Waals surface area contributed by atoms with Gasteiger partial charge in [0, 0.05) is 16.2 Å². The van der Waals surface area contributed by atoms with Crippen molar-refractivity contribution in [2.24, 2.45) is 0 Å². The van der Waals surface area contributed by atoms with Gasteiger partial charge in [0.1, 0.15) is 5.65 Å². The van der Waals surface area contributed by atoms with E-state index in [1.54, 1.807) is 22.7 Å². The summed E-state index contributed by atoms with van der Waals surface area (Å²) in [5.41, 5.74) is 3.28. The van der Waals surface area contributed by atoms with E-state index >= 15 is 0 Å². The van der Waals surface area contributed by atoms with Gasteiger partial charge in [-0.2, -0.15) is 0 Å². The lowest BCUT2D eigenvalue weighted by Gasteiger charge is -2.03. The smallest absolute Gasteiger partial charge is 0.338 e. The fraction of sp³-hybridized carbons (Fsp3) is 0.125. The molecule has 112 valence electrons. The van der Waals surface area contributed by atoms with Crippen molar-refractivity contribution in [1.82, 2.24) is 9.38 Å². The van der Waals surface area contributed by atoms with Crippen molar-refractivity contribution >= 4 is 27.5 Å². The van der Waals surface area contributed by atoms with Crippen LogP contribution in [-0.2, 0) is 11.3 Å². The largest absolute Gasteiger partial charge is 0.465 e. The van der Waals surface area contributed by atoms with Gasteiger partial charge < -0.3 is 14.2 Å². The molecule has 0 spiro atoms. The van der Waals surface area contributed by atoms with Crippen LogP contribution >= 0.6 is 15.9 Å². The van der Waals surface area contributed by atoms with E-state index in [0.717, 1.165) is 10.0 Å². The molecule has 0 radical (unpaired) electrons. The quantitative estimate of drug-likeness (QED) is 0.729. The first-order chi connectivity index (χ1) is 10.6. The summed E-state index contributed by atoms with van der Waals surface area (Å²) in [5, 5.41) is 9.68. The molecule has 22 heavy (non-hydrogen) atoms. The molecule has 0 atom stereocenters. The molecule has 6 heteroatoms. The summed E-state index contributed by atoms with van der Waals surface area (Å²) in [6.45, 7) is -0.149. The molecular weight excluding hydrogens is 348 g/mol. The van der Waals surface area contributed by atoms with Gasteiger partial charge in [0.05, 0.1) is 30.7 Å². The summed E-state index contributed by atoms with van der Waals surface area (Å²) in [5.74, 6) is -0.416. The van der Waals surface area contributed by atoms with Crippen LogP contribution in [0, 0.1) is 0 Å². The third-order valence-corrected chi connectivity index (χ3v) is 3.94. The van der Waals surface area contributed by atoms with E-state index in [2.05, 4.69) is 20.9 Å². The Morgan fingerprint density at radius 1 is 1.32 bits per heavy atom. The number of halogens is 1. The number of hydrogen-bond acceptors (Lipinski definition) is 4. The molecular formula is C16H13BrN2O3. The van der Waals surface area contributed by atoms with Gasteiger partial charge in [-0.05, 0) is 24.3 Å². The fourth-order valence-electron chi connectivity index (χ4n) is 2.33. The summed E-state index contributed by atoms with van der Waals surface area (Å²) in [4.78, 5) is 16.2. The summed E-state index contributed by atoms with van der Waals surface area (Å²) in [7, 11) is 1.34. The number of aliphatic hydroxyl groups is 1. The Balaban J connectivity index is 2.18. The average Bonchev–Trinajstić information content (AvgIpc) is 2.92. The van der Waals surface area contributed by atoms with Gasteiger partial charge in [-0.25, -0.2) is 9.78 Å². The summed E-state index contributed by atoms with van der Waals surface area (Å²) in [6, 6.07) is 11.0. The molecule has 0 saturated heterocycles. The van der Waals surface area contributed by atoms with Crippen molar-refractivity contribution in [3.63, 3.8) is 0 Å². The highest BCUT2D eigenvalue weighted by Crippen LogP contribution is 2.26. The molecule has 1 aromatic carbocycles. The molecule has 0 saturated carbocycles.